The van der Waals surface area contributed by atoms with Crippen LogP contribution in [0.15, 0.2) is 24.3 Å². The predicted molar refractivity (Wildman–Crippen MR) is 75.7 cm³/mol. The molecule has 0 aliphatic heterocycles. The highest BCUT2D eigenvalue weighted by Crippen LogP contribution is 2.31. The van der Waals surface area contributed by atoms with E-state index in [0.29, 0.717) is 13.1 Å². The molecule has 0 aromatic heterocycles. The van der Waals surface area contributed by atoms with E-state index in [1.54, 1.807) is 17.9 Å². The third-order valence-corrected chi connectivity index (χ3v) is 3.37. The van der Waals surface area contributed by atoms with Crippen LogP contribution < -0.4 is 5.32 Å². The van der Waals surface area contributed by atoms with Gasteiger partial charge >= 0.3 is 6.18 Å². The average molecular weight is 302 g/mol. The lowest BCUT2D eigenvalue weighted by Gasteiger charge is -2.24. The number of carbonyl (C=O) groups excluding carboxylic acids is 1. The van der Waals surface area contributed by atoms with Crippen LogP contribution in [0, 0.1) is 0 Å². The fraction of sp³-hybridized carbons (Fsp3) is 0.533. The van der Waals surface area contributed by atoms with Crippen molar-refractivity contribution < 1.29 is 18.0 Å². The van der Waals surface area contributed by atoms with Gasteiger partial charge in [0.05, 0.1) is 11.6 Å². The third kappa shape index (κ3) is 4.74. The molecule has 1 aromatic carbocycles. The normalized spacial score (nSPS) is 13.0. The Balaban J connectivity index is 2.74. The highest BCUT2D eigenvalue weighted by atomic mass is 19.4. The van der Waals surface area contributed by atoms with Gasteiger partial charge in [-0.2, -0.15) is 13.2 Å². The first kappa shape index (κ1) is 17.5. The van der Waals surface area contributed by atoms with Crippen LogP contribution >= 0.6 is 0 Å². The Bertz CT molecular complexity index is 470. The second-order valence-electron chi connectivity index (χ2n) is 4.77. The molecule has 0 heterocycles. The zero-order valence-electron chi connectivity index (χ0n) is 12.5. The molecule has 6 heteroatoms. The monoisotopic (exact) mass is 302 g/mol. The van der Waals surface area contributed by atoms with Gasteiger partial charge in [0, 0.05) is 19.6 Å². The van der Waals surface area contributed by atoms with Gasteiger partial charge in [-0.25, -0.2) is 0 Å². The van der Waals surface area contributed by atoms with Crippen molar-refractivity contribution in [3.8, 4) is 0 Å². The van der Waals surface area contributed by atoms with Gasteiger partial charge in [0.2, 0.25) is 5.91 Å². The van der Waals surface area contributed by atoms with Crippen LogP contribution in [0.5, 0.6) is 0 Å². The van der Waals surface area contributed by atoms with Gasteiger partial charge in [-0.15, -0.1) is 0 Å². The first-order valence-corrected chi connectivity index (χ1v) is 6.98. The van der Waals surface area contributed by atoms with Crippen molar-refractivity contribution in [1.82, 2.24) is 10.2 Å². The summed E-state index contributed by atoms with van der Waals surface area (Å²) >= 11 is 0. The summed E-state index contributed by atoms with van der Waals surface area (Å²) < 4.78 is 38.6. The van der Waals surface area contributed by atoms with E-state index in [1.165, 1.54) is 12.1 Å². The Labute approximate surface area is 123 Å². The minimum Gasteiger partial charge on any atom is -0.342 e. The van der Waals surface area contributed by atoms with Gasteiger partial charge in [0.15, 0.2) is 0 Å². The summed E-state index contributed by atoms with van der Waals surface area (Å²) in [6.45, 7) is 6.57. The number of rotatable bonds is 6. The van der Waals surface area contributed by atoms with Gasteiger partial charge in [0.25, 0.3) is 0 Å². The first-order valence-electron chi connectivity index (χ1n) is 6.98. The van der Waals surface area contributed by atoms with Crippen LogP contribution in [0.2, 0.25) is 0 Å². The Morgan fingerprint density at radius 3 is 2.33 bits per heavy atom. The number of carbonyl (C=O) groups is 1. The van der Waals surface area contributed by atoms with Crippen molar-refractivity contribution in [3.05, 3.63) is 35.4 Å². The van der Waals surface area contributed by atoms with E-state index in [-0.39, 0.29) is 18.0 Å². The second-order valence-corrected chi connectivity index (χ2v) is 4.77. The number of nitrogens with zero attached hydrogens (tertiary/aromatic N) is 1. The minimum atomic E-state index is -4.38. The van der Waals surface area contributed by atoms with Gasteiger partial charge < -0.3 is 10.2 Å². The van der Waals surface area contributed by atoms with Crippen molar-refractivity contribution >= 4 is 5.91 Å². The van der Waals surface area contributed by atoms with E-state index in [9.17, 15) is 18.0 Å². The molecular weight excluding hydrogens is 281 g/mol. The molecule has 1 rings (SSSR count). The second kappa shape index (κ2) is 7.45. The fourth-order valence-corrected chi connectivity index (χ4v) is 2.11. The molecule has 1 atom stereocenters. The summed E-state index contributed by atoms with van der Waals surface area (Å²) in [5.74, 6) is -0.107. The zero-order chi connectivity index (χ0) is 16.0. The summed E-state index contributed by atoms with van der Waals surface area (Å²) in [7, 11) is 0. The topological polar surface area (TPSA) is 32.3 Å². The van der Waals surface area contributed by atoms with E-state index in [2.05, 4.69) is 5.32 Å². The number of benzene rings is 1. The van der Waals surface area contributed by atoms with Gasteiger partial charge in [-0.1, -0.05) is 18.2 Å². The van der Waals surface area contributed by atoms with E-state index in [4.69, 9.17) is 0 Å². The molecule has 0 aliphatic rings. The smallest absolute Gasteiger partial charge is 0.342 e. The van der Waals surface area contributed by atoms with E-state index in [0.717, 1.165) is 6.07 Å². The molecule has 1 unspecified atom stereocenters. The Morgan fingerprint density at radius 1 is 1.24 bits per heavy atom. The van der Waals surface area contributed by atoms with Crippen molar-refractivity contribution in [1.29, 1.82) is 0 Å². The number of nitrogens with one attached hydrogen (secondary N) is 1. The standard InChI is InChI=1S/C15H21F3N2O/c1-4-20(5-2)14(21)11(3)19-10-12-8-6-7-9-13(12)15(16,17)18/h6-9,11,19H,4-5,10H2,1-3H3. The maximum Gasteiger partial charge on any atom is 0.416 e. The molecule has 0 aliphatic carbocycles. The first-order chi connectivity index (χ1) is 9.81. The molecule has 1 amide bonds. The number of amides is 1. The summed E-state index contributed by atoms with van der Waals surface area (Å²) in [6.07, 6.45) is -4.38. The lowest BCUT2D eigenvalue weighted by Crippen LogP contribution is -2.44. The maximum absolute atomic E-state index is 12.9. The Morgan fingerprint density at radius 2 is 1.81 bits per heavy atom. The highest BCUT2D eigenvalue weighted by Gasteiger charge is 2.32. The van der Waals surface area contributed by atoms with Gasteiger partial charge in [-0.05, 0) is 32.4 Å². The van der Waals surface area contributed by atoms with Crippen molar-refractivity contribution in [2.75, 3.05) is 13.1 Å². The lowest BCUT2D eigenvalue weighted by atomic mass is 10.1. The Hall–Kier alpha value is -1.56. The number of hydrogen-bond acceptors (Lipinski definition) is 2. The molecular formula is C15H21F3N2O. The van der Waals surface area contributed by atoms with Crippen LogP contribution in [-0.4, -0.2) is 29.9 Å². The molecule has 3 nitrogen and oxygen atoms in total. The molecule has 0 radical (unpaired) electrons. The SMILES string of the molecule is CCN(CC)C(=O)C(C)NCc1ccccc1C(F)(F)F. The Kier molecular flexibility index (Phi) is 6.20. The predicted octanol–water partition coefficient (Wildman–Crippen LogP) is 3.05. The van der Waals surface area contributed by atoms with Gasteiger partial charge in [0.1, 0.15) is 0 Å². The van der Waals surface area contributed by atoms with E-state index >= 15 is 0 Å². The highest BCUT2D eigenvalue weighted by molar-refractivity contribution is 5.81. The minimum absolute atomic E-state index is 0.00383. The summed E-state index contributed by atoms with van der Waals surface area (Å²) in [5.41, 5.74) is -0.524. The third-order valence-electron chi connectivity index (χ3n) is 3.37. The molecule has 0 spiro atoms. The number of alkyl halides is 3. The summed E-state index contributed by atoms with van der Waals surface area (Å²) in [4.78, 5) is 13.7. The molecule has 1 N–H and O–H groups in total. The van der Waals surface area contributed by atoms with Crippen LogP contribution in [0.3, 0.4) is 0 Å². The molecule has 21 heavy (non-hydrogen) atoms. The van der Waals surface area contributed by atoms with Gasteiger partial charge in [-0.3, -0.25) is 4.79 Å². The number of halogens is 3. The number of hydrogen-bond donors (Lipinski definition) is 1. The number of likely N-dealkylation sites (N-methyl/N-ethyl adjacent to an activating group) is 1. The fourth-order valence-electron chi connectivity index (χ4n) is 2.11. The van der Waals surface area contributed by atoms with Crippen molar-refractivity contribution in [2.24, 2.45) is 0 Å². The van der Waals surface area contributed by atoms with Crippen molar-refractivity contribution in [2.45, 2.75) is 39.5 Å². The van der Waals surface area contributed by atoms with Crippen LogP contribution in [0.4, 0.5) is 13.2 Å². The lowest BCUT2D eigenvalue weighted by molar-refractivity contribution is -0.138. The molecule has 0 fully saturated rings. The van der Waals surface area contributed by atoms with Crippen LogP contribution in [-0.2, 0) is 17.5 Å². The average Bonchev–Trinajstić information content (AvgIpc) is 2.45. The van der Waals surface area contributed by atoms with E-state index in [1.807, 2.05) is 13.8 Å². The van der Waals surface area contributed by atoms with Crippen molar-refractivity contribution in [3.63, 3.8) is 0 Å². The largest absolute Gasteiger partial charge is 0.416 e. The molecule has 118 valence electrons. The molecule has 0 saturated carbocycles. The molecule has 1 aromatic rings. The summed E-state index contributed by atoms with van der Waals surface area (Å²) in [5, 5.41) is 2.87. The molecule has 0 saturated heterocycles. The quantitative estimate of drug-likeness (QED) is 0.876. The van der Waals surface area contributed by atoms with Crippen LogP contribution in [0.1, 0.15) is 31.9 Å². The summed E-state index contributed by atoms with van der Waals surface area (Å²) in [6, 6.07) is 4.87. The zero-order valence-corrected chi connectivity index (χ0v) is 12.5. The van der Waals surface area contributed by atoms with E-state index < -0.39 is 17.8 Å². The maximum atomic E-state index is 12.9. The molecule has 0 bridgehead atoms. The van der Waals surface area contributed by atoms with Crippen LogP contribution in [0.25, 0.3) is 0 Å².